The third-order valence-corrected chi connectivity index (χ3v) is 3.25. The Bertz CT molecular complexity index is 684. The van der Waals surface area contributed by atoms with E-state index >= 15 is 0 Å². The van der Waals surface area contributed by atoms with E-state index in [4.69, 9.17) is 0 Å². The third kappa shape index (κ3) is 5.25. The van der Waals surface area contributed by atoms with Gasteiger partial charge < -0.3 is 10.6 Å². The molecule has 6 nitrogen and oxygen atoms in total. The summed E-state index contributed by atoms with van der Waals surface area (Å²) < 4.78 is 37.7. The van der Waals surface area contributed by atoms with E-state index in [9.17, 15) is 18.0 Å². The average Bonchev–Trinajstić information content (AvgIpc) is 3.00. The molecule has 0 unspecified atom stereocenters. The molecule has 24 heavy (non-hydrogen) atoms. The Labute approximate surface area is 136 Å². The molecule has 9 heteroatoms. The Balaban J connectivity index is 1.74. The minimum Gasteiger partial charge on any atom is -0.338 e. The Morgan fingerprint density at radius 1 is 1.25 bits per heavy atom. The van der Waals surface area contributed by atoms with Crippen LogP contribution in [-0.2, 0) is 25.6 Å². The fraction of sp³-hybridized carbons (Fsp3) is 0.400. The number of pyridine rings is 1. The van der Waals surface area contributed by atoms with Crippen LogP contribution >= 0.6 is 0 Å². The van der Waals surface area contributed by atoms with E-state index in [0.717, 1.165) is 23.9 Å². The number of carbonyl (C=O) groups is 1. The first kappa shape index (κ1) is 17.8. The second-order valence-electron chi connectivity index (χ2n) is 5.11. The van der Waals surface area contributed by atoms with Gasteiger partial charge in [-0.1, -0.05) is 13.0 Å². The van der Waals surface area contributed by atoms with E-state index in [-0.39, 0.29) is 18.7 Å². The minimum atomic E-state index is -4.47. The molecule has 130 valence electrons. The molecule has 2 aromatic rings. The topological polar surface area (TPSA) is 82.7 Å². The normalized spacial score (nSPS) is 11.3. The van der Waals surface area contributed by atoms with Crippen molar-refractivity contribution in [1.29, 1.82) is 0 Å². The summed E-state index contributed by atoms with van der Waals surface area (Å²) in [6.07, 6.45) is -3.46. The SMILES string of the molecule is CCc1cc(CNC(=O)NCCc2cccc(C(F)(F)F)n2)[nH]n1. The number of halogens is 3. The van der Waals surface area contributed by atoms with Gasteiger partial charge in [0, 0.05) is 18.7 Å². The number of aromatic amines is 1. The van der Waals surface area contributed by atoms with Gasteiger partial charge >= 0.3 is 12.2 Å². The van der Waals surface area contributed by atoms with E-state index in [1.165, 1.54) is 12.1 Å². The number of amides is 2. The van der Waals surface area contributed by atoms with Crippen molar-refractivity contribution < 1.29 is 18.0 Å². The molecule has 0 atom stereocenters. The molecule has 0 spiro atoms. The zero-order chi connectivity index (χ0) is 17.6. The van der Waals surface area contributed by atoms with Crippen LogP contribution in [0.4, 0.5) is 18.0 Å². The molecular formula is C15H18F3N5O. The number of urea groups is 1. The number of alkyl halides is 3. The second kappa shape index (κ2) is 7.80. The molecule has 0 radical (unpaired) electrons. The van der Waals surface area contributed by atoms with Crippen molar-refractivity contribution in [3.05, 3.63) is 47.0 Å². The van der Waals surface area contributed by atoms with Gasteiger partial charge in [0.2, 0.25) is 0 Å². The molecule has 3 N–H and O–H groups in total. The van der Waals surface area contributed by atoms with Gasteiger partial charge in [-0.15, -0.1) is 0 Å². The van der Waals surface area contributed by atoms with Gasteiger partial charge in [0.25, 0.3) is 0 Å². The quantitative estimate of drug-likeness (QED) is 0.755. The summed E-state index contributed by atoms with van der Waals surface area (Å²) in [6.45, 7) is 2.45. The number of nitrogens with one attached hydrogen (secondary N) is 3. The molecule has 0 bridgehead atoms. The molecule has 0 saturated heterocycles. The average molecular weight is 341 g/mol. The summed E-state index contributed by atoms with van der Waals surface area (Å²) in [4.78, 5) is 15.2. The molecule has 0 aliphatic heterocycles. The predicted octanol–water partition coefficient (Wildman–Crippen LogP) is 2.43. The zero-order valence-corrected chi connectivity index (χ0v) is 13.1. The molecule has 2 amide bonds. The van der Waals surface area contributed by atoms with E-state index in [1.807, 2.05) is 13.0 Å². The lowest BCUT2D eigenvalue weighted by atomic mass is 10.2. The van der Waals surface area contributed by atoms with Crippen molar-refractivity contribution >= 4 is 6.03 Å². The Kier molecular flexibility index (Phi) is 5.78. The van der Waals surface area contributed by atoms with Crippen molar-refractivity contribution in [3.63, 3.8) is 0 Å². The van der Waals surface area contributed by atoms with Gasteiger partial charge in [-0.25, -0.2) is 9.78 Å². The van der Waals surface area contributed by atoms with Crippen LogP contribution in [0.3, 0.4) is 0 Å². The molecule has 2 rings (SSSR count). The summed E-state index contributed by atoms with van der Waals surface area (Å²) in [5.74, 6) is 0. The van der Waals surface area contributed by atoms with Crippen LogP contribution in [0, 0.1) is 0 Å². The zero-order valence-electron chi connectivity index (χ0n) is 13.1. The maximum atomic E-state index is 12.6. The molecule has 0 aliphatic rings. The smallest absolute Gasteiger partial charge is 0.338 e. The number of rotatable bonds is 6. The standard InChI is InChI=1S/C15H18F3N5O/c1-2-10-8-12(23-22-10)9-20-14(24)19-7-6-11-4-3-5-13(21-11)15(16,17)18/h3-5,8H,2,6-7,9H2,1H3,(H,22,23)(H2,19,20,24). The maximum absolute atomic E-state index is 12.6. The molecule has 0 fully saturated rings. The Morgan fingerprint density at radius 2 is 2.04 bits per heavy atom. The van der Waals surface area contributed by atoms with Crippen LogP contribution in [0.5, 0.6) is 0 Å². The van der Waals surface area contributed by atoms with E-state index in [2.05, 4.69) is 25.8 Å². The van der Waals surface area contributed by atoms with Crippen LogP contribution in [-0.4, -0.2) is 27.8 Å². The van der Waals surface area contributed by atoms with Crippen molar-refractivity contribution in [1.82, 2.24) is 25.8 Å². The minimum absolute atomic E-state index is 0.184. The molecule has 2 aromatic heterocycles. The van der Waals surface area contributed by atoms with Crippen molar-refractivity contribution in [2.24, 2.45) is 0 Å². The summed E-state index contributed by atoms with van der Waals surface area (Å²) in [5, 5.41) is 12.1. The summed E-state index contributed by atoms with van der Waals surface area (Å²) in [6, 6.07) is 5.15. The number of nitrogens with zero attached hydrogens (tertiary/aromatic N) is 2. The van der Waals surface area contributed by atoms with Crippen LogP contribution < -0.4 is 10.6 Å². The van der Waals surface area contributed by atoms with Crippen molar-refractivity contribution in [3.8, 4) is 0 Å². The van der Waals surface area contributed by atoms with Crippen molar-refractivity contribution in [2.75, 3.05) is 6.54 Å². The van der Waals surface area contributed by atoms with E-state index in [1.54, 1.807) is 0 Å². The third-order valence-electron chi connectivity index (χ3n) is 3.25. The summed E-state index contributed by atoms with van der Waals surface area (Å²) in [5.41, 5.74) is 1.02. The molecule has 0 aromatic carbocycles. The van der Waals surface area contributed by atoms with Gasteiger partial charge in [-0.3, -0.25) is 5.10 Å². The fourth-order valence-electron chi connectivity index (χ4n) is 2.00. The van der Waals surface area contributed by atoms with Crippen LogP contribution in [0.25, 0.3) is 0 Å². The van der Waals surface area contributed by atoms with Crippen LogP contribution in [0.2, 0.25) is 0 Å². The first-order valence-electron chi connectivity index (χ1n) is 7.46. The predicted molar refractivity (Wildman–Crippen MR) is 81.1 cm³/mol. The first-order valence-corrected chi connectivity index (χ1v) is 7.46. The highest BCUT2D eigenvalue weighted by atomic mass is 19.4. The number of aryl methyl sites for hydroxylation is 1. The summed E-state index contributed by atoms with van der Waals surface area (Å²) in [7, 11) is 0. The maximum Gasteiger partial charge on any atom is 0.433 e. The lowest BCUT2D eigenvalue weighted by molar-refractivity contribution is -0.141. The Hall–Kier alpha value is -2.58. The number of hydrogen-bond donors (Lipinski definition) is 3. The van der Waals surface area contributed by atoms with E-state index < -0.39 is 17.9 Å². The first-order chi connectivity index (χ1) is 11.4. The highest BCUT2D eigenvalue weighted by Gasteiger charge is 2.32. The number of aromatic nitrogens is 3. The van der Waals surface area contributed by atoms with Gasteiger partial charge in [-0.2, -0.15) is 18.3 Å². The molecule has 2 heterocycles. The number of hydrogen-bond acceptors (Lipinski definition) is 3. The van der Waals surface area contributed by atoms with Gasteiger partial charge in [0.1, 0.15) is 5.69 Å². The molecular weight excluding hydrogens is 323 g/mol. The number of H-pyrrole nitrogens is 1. The highest BCUT2D eigenvalue weighted by molar-refractivity contribution is 5.73. The van der Waals surface area contributed by atoms with Crippen LogP contribution in [0.15, 0.2) is 24.3 Å². The lowest BCUT2D eigenvalue weighted by Gasteiger charge is -2.09. The monoisotopic (exact) mass is 341 g/mol. The van der Waals surface area contributed by atoms with Gasteiger partial charge in [-0.05, 0) is 24.6 Å². The summed E-state index contributed by atoms with van der Waals surface area (Å²) >= 11 is 0. The number of carbonyl (C=O) groups excluding carboxylic acids is 1. The van der Waals surface area contributed by atoms with Gasteiger partial charge in [0.15, 0.2) is 0 Å². The van der Waals surface area contributed by atoms with Crippen LogP contribution in [0.1, 0.15) is 29.7 Å². The van der Waals surface area contributed by atoms with Gasteiger partial charge in [0.05, 0.1) is 17.9 Å². The molecule has 0 saturated carbocycles. The second-order valence-corrected chi connectivity index (χ2v) is 5.11. The van der Waals surface area contributed by atoms with Crippen molar-refractivity contribution in [2.45, 2.75) is 32.5 Å². The highest BCUT2D eigenvalue weighted by Crippen LogP contribution is 2.27. The van der Waals surface area contributed by atoms with E-state index in [0.29, 0.717) is 6.54 Å². The Morgan fingerprint density at radius 3 is 2.71 bits per heavy atom. The largest absolute Gasteiger partial charge is 0.433 e. The molecule has 0 aliphatic carbocycles. The fourth-order valence-corrected chi connectivity index (χ4v) is 2.00. The lowest BCUT2D eigenvalue weighted by Crippen LogP contribution is -2.36.